The number of amides is 2. The molecule has 1 saturated heterocycles. The number of aromatic nitrogens is 2. The third-order valence-electron chi connectivity index (χ3n) is 4.49. The minimum absolute atomic E-state index is 0.0679. The van der Waals surface area contributed by atoms with E-state index in [1.807, 2.05) is 31.7 Å². The Labute approximate surface area is 141 Å². The molecule has 3 rings (SSSR count). The first kappa shape index (κ1) is 16.5. The van der Waals surface area contributed by atoms with E-state index >= 15 is 0 Å². The fraction of sp³-hybridized carbons (Fsp3) is 0.588. The average Bonchev–Trinajstić information content (AvgIpc) is 3.12. The van der Waals surface area contributed by atoms with E-state index in [2.05, 4.69) is 15.5 Å². The van der Waals surface area contributed by atoms with Crippen LogP contribution in [0.2, 0.25) is 0 Å². The van der Waals surface area contributed by atoms with E-state index in [4.69, 9.17) is 8.94 Å². The summed E-state index contributed by atoms with van der Waals surface area (Å²) in [6, 6.07) is 1.81. The number of nitrogens with zero attached hydrogens (tertiary/aromatic N) is 3. The SMILES string of the molecule is Cc1noc([C@H]2CCCN(C(=O)N[C@H](C)c3cc(C)oc3C)C2)n1. The van der Waals surface area contributed by atoms with Gasteiger partial charge in [0, 0.05) is 18.7 Å². The fourth-order valence-electron chi connectivity index (χ4n) is 3.28. The van der Waals surface area contributed by atoms with Crippen molar-refractivity contribution in [2.75, 3.05) is 13.1 Å². The number of carbonyl (C=O) groups is 1. The average molecular weight is 332 g/mol. The molecular formula is C17H24N4O3. The summed E-state index contributed by atoms with van der Waals surface area (Å²) >= 11 is 0. The van der Waals surface area contributed by atoms with Crippen LogP contribution in [-0.4, -0.2) is 34.2 Å². The predicted octanol–water partition coefficient (Wildman–Crippen LogP) is 3.24. The van der Waals surface area contributed by atoms with Gasteiger partial charge in [0.1, 0.15) is 11.5 Å². The van der Waals surface area contributed by atoms with Crippen LogP contribution in [0, 0.1) is 20.8 Å². The van der Waals surface area contributed by atoms with Gasteiger partial charge in [-0.1, -0.05) is 5.16 Å². The van der Waals surface area contributed by atoms with Crippen molar-refractivity contribution in [3.05, 3.63) is 34.9 Å². The second kappa shape index (κ2) is 6.67. The van der Waals surface area contributed by atoms with Gasteiger partial charge in [0.2, 0.25) is 5.89 Å². The van der Waals surface area contributed by atoms with Gasteiger partial charge in [0.25, 0.3) is 0 Å². The maximum Gasteiger partial charge on any atom is 0.317 e. The van der Waals surface area contributed by atoms with Gasteiger partial charge < -0.3 is 19.2 Å². The summed E-state index contributed by atoms with van der Waals surface area (Å²) < 4.78 is 10.8. The summed E-state index contributed by atoms with van der Waals surface area (Å²) in [5.74, 6) is 3.07. The summed E-state index contributed by atoms with van der Waals surface area (Å²) in [6.45, 7) is 8.94. The number of urea groups is 1. The highest BCUT2D eigenvalue weighted by Crippen LogP contribution is 2.26. The highest BCUT2D eigenvalue weighted by Gasteiger charge is 2.29. The fourth-order valence-corrected chi connectivity index (χ4v) is 3.28. The predicted molar refractivity (Wildman–Crippen MR) is 87.7 cm³/mol. The number of piperidine rings is 1. The standard InChI is InChI=1S/C17H24N4O3/c1-10-8-15(12(3)23-10)11(2)18-17(22)21-7-5-6-14(9-21)16-19-13(4)20-24-16/h8,11,14H,5-7,9H2,1-4H3,(H,18,22)/t11-,14+/m1/s1. The van der Waals surface area contributed by atoms with Gasteiger partial charge in [-0.25, -0.2) is 4.79 Å². The molecule has 0 radical (unpaired) electrons. The number of furan rings is 1. The Morgan fingerprint density at radius 1 is 1.42 bits per heavy atom. The minimum Gasteiger partial charge on any atom is -0.466 e. The van der Waals surface area contributed by atoms with E-state index in [9.17, 15) is 4.79 Å². The molecule has 0 saturated carbocycles. The van der Waals surface area contributed by atoms with Gasteiger partial charge in [0.05, 0.1) is 12.0 Å². The zero-order chi connectivity index (χ0) is 17.3. The highest BCUT2D eigenvalue weighted by atomic mass is 16.5. The first-order valence-electron chi connectivity index (χ1n) is 8.36. The number of hydrogen-bond donors (Lipinski definition) is 1. The van der Waals surface area contributed by atoms with Gasteiger partial charge in [-0.15, -0.1) is 0 Å². The molecule has 130 valence electrons. The Morgan fingerprint density at radius 3 is 2.83 bits per heavy atom. The normalized spacial score (nSPS) is 19.3. The summed E-state index contributed by atoms with van der Waals surface area (Å²) in [5, 5.41) is 6.90. The van der Waals surface area contributed by atoms with Crippen LogP contribution in [0.25, 0.3) is 0 Å². The Morgan fingerprint density at radius 2 is 2.21 bits per heavy atom. The minimum atomic E-state index is -0.0963. The van der Waals surface area contributed by atoms with Gasteiger partial charge >= 0.3 is 6.03 Å². The van der Waals surface area contributed by atoms with E-state index in [-0.39, 0.29) is 18.0 Å². The summed E-state index contributed by atoms with van der Waals surface area (Å²) in [6.07, 6.45) is 1.89. The lowest BCUT2D eigenvalue weighted by molar-refractivity contribution is 0.169. The maximum absolute atomic E-state index is 12.6. The molecule has 0 aromatic carbocycles. The zero-order valence-electron chi connectivity index (χ0n) is 14.6. The van der Waals surface area contributed by atoms with Gasteiger partial charge in [-0.05, 0) is 46.6 Å². The monoisotopic (exact) mass is 332 g/mol. The molecule has 1 aliphatic heterocycles. The van der Waals surface area contributed by atoms with Crippen molar-refractivity contribution in [3.8, 4) is 0 Å². The third kappa shape index (κ3) is 3.44. The van der Waals surface area contributed by atoms with Crippen LogP contribution >= 0.6 is 0 Å². The molecule has 7 heteroatoms. The van der Waals surface area contributed by atoms with E-state index in [0.717, 1.165) is 36.5 Å². The highest BCUT2D eigenvalue weighted by molar-refractivity contribution is 5.75. The quantitative estimate of drug-likeness (QED) is 0.932. The summed E-state index contributed by atoms with van der Waals surface area (Å²) in [7, 11) is 0. The van der Waals surface area contributed by atoms with Crippen LogP contribution in [0.15, 0.2) is 15.0 Å². The topological polar surface area (TPSA) is 84.4 Å². The smallest absolute Gasteiger partial charge is 0.317 e. The largest absolute Gasteiger partial charge is 0.466 e. The van der Waals surface area contributed by atoms with E-state index in [1.165, 1.54) is 0 Å². The van der Waals surface area contributed by atoms with Crippen molar-refractivity contribution in [1.82, 2.24) is 20.4 Å². The van der Waals surface area contributed by atoms with Crippen molar-refractivity contribution >= 4 is 6.03 Å². The van der Waals surface area contributed by atoms with Crippen LogP contribution in [-0.2, 0) is 0 Å². The Bertz CT molecular complexity index is 721. The molecule has 24 heavy (non-hydrogen) atoms. The second-order valence-electron chi connectivity index (χ2n) is 6.50. The Balaban J connectivity index is 1.63. The van der Waals surface area contributed by atoms with Crippen LogP contribution in [0.3, 0.4) is 0 Å². The Hall–Kier alpha value is -2.31. The van der Waals surface area contributed by atoms with Crippen molar-refractivity contribution in [1.29, 1.82) is 0 Å². The Kier molecular flexibility index (Phi) is 4.59. The number of hydrogen-bond acceptors (Lipinski definition) is 5. The van der Waals surface area contributed by atoms with E-state index < -0.39 is 0 Å². The van der Waals surface area contributed by atoms with E-state index in [1.54, 1.807) is 6.92 Å². The lowest BCUT2D eigenvalue weighted by atomic mass is 9.98. The molecular weight excluding hydrogens is 308 g/mol. The zero-order valence-corrected chi connectivity index (χ0v) is 14.6. The molecule has 2 aromatic heterocycles. The van der Waals surface area contributed by atoms with Crippen molar-refractivity contribution in [2.24, 2.45) is 0 Å². The molecule has 0 spiro atoms. The summed E-state index contributed by atoms with van der Waals surface area (Å²) in [5.41, 5.74) is 1.02. The van der Waals surface area contributed by atoms with Crippen LogP contribution < -0.4 is 5.32 Å². The number of aryl methyl sites for hydroxylation is 3. The van der Waals surface area contributed by atoms with Gasteiger partial charge in [-0.2, -0.15) is 4.98 Å². The lowest BCUT2D eigenvalue weighted by Crippen LogP contribution is -2.45. The van der Waals surface area contributed by atoms with Crippen molar-refractivity contribution in [3.63, 3.8) is 0 Å². The maximum atomic E-state index is 12.6. The van der Waals surface area contributed by atoms with Crippen LogP contribution in [0.5, 0.6) is 0 Å². The molecule has 3 heterocycles. The summed E-state index contributed by atoms with van der Waals surface area (Å²) in [4.78, 5) is 18.7. The second-order valence-corrected chi connectivity index (χ2v) is 6.50. The molecule has 7 nitrogen and oxygen atoms in total. The molecule has 2 atom stereocenters. The third-order valence-corrected chi connectivity index (χ3v) is 4.49. The number of carbonyl (C=O) groups excluding carboxylic acids is 1. The van der Waals surface area contributed by atoms with Crippen LogP contribution in [0.1, 0.15) is 60.5 Å². The molecule has 0 unspecified atom stereocenters. The molecule has 1 aliphatic rings. The first-order chi connectivity index (χ1) is 11.4. The lowest BCUT2D eigenvalue weighted by Gasteiger charge is -2.32. The van der Waals surface area contributed by atoms with Gasteiger partial charge in [-0.3, -0.25) is 0 Å². The van der Waals surface area contributed by atoms with Gasteiger partial charge in [0.15, 0.2) is 5.82 Å². The molecule has 1 N–H and O–H groups in total. The number of nitrogens with one attached hydrogen (secondary N) is 1. The molecule has 2 amide bonds. The number of rotatable bonds is 3. The van der Waals surface area contributed by atoms with Crippen molar-refractivity contribution in [2.45, 2.75) is 52.5 Å². The molecule has 1 fully saturated rings. The van der Waals surface area contributed by atoms with Crippen molar-refractivity contribution < 1.29 is 13.7 Å². The van der Waals surface area contributed by atoms with E-state index in [0.29, 0.717) is 18.3 Å². The molecule has 2 aromatic rings. The van der Waals surface area contributed by atoms with Crippen LogP contribution in [0.4, 0.5) is 4.79 Å². The first-order valence-corrected chi connectivity index (χ1v) is 8.36. The number of likely N-dealkylation sites (tertiary alicyclic amines) is 1. The molecule has 0 bridgehead atoms. The molecule has 0 aliphatic carbocycles.